The predicted molar refractivity (Wildman–Crippen MR) is 85.0 cm³/mol. The maximum Gasteiger partial charge on any atom is 0.321 e. The number of halogens is 2. The van der Waals surface area contributed by atoms with Crippen LogP contribution >= 0.6 is 0 Å². The number of hydrogen-bond acceptors (Lipinski definition) is 3. The molecule has 1 atom stereocenters. The summed E-state index contributed by atoms with van der Waals surface area (Å²) >= 11 is 0. The third kappa shape index (κ3) is 3.67. The Kier molecular flexibility index (Phi) is 5.01. The Labute approximate surface area is 139 Å². The molecule has 0 aromatic heterocycles. The number of rotatable bonds is 3. The fraction of sp³-hybridized carbons (Fsp3) is 0.588. The van der Waals surface area contributed by atoms with E-state index in [1.165, 1.54) is 18.2 Å². The summed E-state index contributed by atoms with van der Waals surface area (Å²) in [7, 11) is 0. The van der Waals surface area contributed by atoms with Gasteiger partial charge in [0.25, 0.3) is 6.43 Å². The van der Waals surface area contributed by atoms with Gasteiger partial charge in [0, 0.05) is 30.3 Å². The maximum atomic E-state index is 12.8. The van der Waals surface area contributed by atoms with Crippen molar-refractivity contribution in [2.45, 2.75) is 32.0 Å². The van der Waals surface area contributed by atoms with Crippen LogP contribution in [0.3, 0.4) is 0 Å². The van der Waals surface area contributed by atoms with Gasteiger partial charge in [-0.25, -0.2) is 13.6 Å². The molecule has 1 aromatic carbocycles. The molecule has 3 rings (SSSR count). The van der Waals surface area contributed by atoms with Crippen LogP contribution in [-0.2, 0) is 9.47 Å². The Balaban J connectivity index is 1.63. The summed E-state index contributed by atoms with van der Waals surface area (Å²) in [5.41, 5.74) is 0.268. The molecule has 1 N–H and O–H groups in total. The number of benzene rings is 1. The molecule has 2 amide bonds. The molecular formula is C17H22F2N2O3. The lowest BCUT2D eigenvalue weighted by atomic mass is 9.90. The third-order valence-electron chi connectivity index (χ3n) is 4.70. The van der Waals surface area contributed by atoms with Crippen LogP contribution in [0.15, 0.2) is 24.3 Å². The Morgan fingerprint density at radius 2 is 2.12 bits per heavy atom. The second-order valence-corrected chi connectivity index (χ2v) is 6.35. The van der Waals surface area contributed by atoms with Gasteiger partial charge in [-0.05, 0) is 31.9 Å². The van der Waals surface area contributed by atoms with E-state index >= 15 is 0 Å². The van der Waals surface area contributed by atoms with Crippen molar-refractivity contribution < 1.29 is 23.0 Å². The molecule has 5 nitrogen and oxygen atoms in total. The second-order valence-electron chi connectivity index (χ2n) is 6.35. The zero-order valence-corrected chi connectivity index (χ0v) is 13.6. The van der Waals surface area contributed by atoms with Gasteiger partial charge in [-0.2, -0.15) is 0 Å². The summed E-state index contributed by atoms with van der Waals surface area (Å²) in [5, 5.41) is 2.70. The van der Waals surface area contributed by atoms with Gasteiger partial charge in [0.1, 0.15) is 0 Å². The summed E-state index contributed by atoms with van der Waals surface area (Å²) in [5.74, 6) is -0.541. The van der Waals surface area contributed by atoms with Crippen LogP contribution < -0.4 is 5.32 Å². The highest BCUT2D eigenvalue weighted by Gasteiger charge is 2.42. The molecular weight excluding hydrogens is 318 g/mol. The molecule has 0 aliphatic carbocycles. The van der Waals surface area contributed by atoms with Crippen LogP contribution in [0, 0.1) is 5.92 Å². The van der Waals surface area contributed by atoms with E-state index in [9.17, 15) is 13.6 Å². The van der Waals surface area contributed by atoms with Crippen molar-refractivity contribution in [1.82, 2.24) is 4.90 Å². The number of piperidine rings is 1. The minimum absolute atomic E-state index is 0.104. The minimum atomic E-state index is -2.56. The first kappa shape index (κ1) is 17.1. The van der Waals surface area contributed by atoms with E-state index < -0.39 is 12.2 Å². The molecule has 7 heteroatoms. The highest BCUT2D eigenvalue weighted by molar-refractivity contribution is 5.89. The molecule has 0 bridgehead atoms. The summed E-state index contributed by atoms with van der Waals surface area (Å²) < 4.78 is 36.9. The standard InChI is InChI=1S/C17H22F2N2O3/c1-17(23-8-9-24-17)13-5-3-7-21(11-13)16(22)20-14-6-2-4-12(10-14)15(18)19/h2,4,6,10,13,15H,3,5,7-9,11H2,1H3,(H,20,22). The fourth-order valence-electron chi connectivity index (χ4n) is 3.31. The first-order chi connectivity index (χ1) is 11.5. The fourth-order valence-corrected chi connectivity index (χ4v) is 3.31. The normalized spacial score (nSPS) is 23.5. The highest BCUT2D eigenvalue weighted by atomic mass is 19.3. The van der Waals surface area contributed by atoms with E-state index in [0.717, 1.165) is 12.8 Å². The Morgan fingerprint density at radius 3 is 2.83 bits per heavy atom. The van der Waals surface area contributed by atoms with E-state index in [1.807, 2.05) is 6.92 Å². The number of ether oxygens (including phenoxy) is 2. The van der Waals surface area contributed by atoms with Crippen LogP contribution in [-0.4, -0.2) is 43.0 Å². The van der Waals surface area contributed by atoms with Crippen molar-refractivity contribution in [3.63, 3.8) is 0 Å². The molecule has 2 aliphatic rings. The van der Waals surface area contributed by atoms with Gasteiger partial charge in [-0.1, -0.05) is 12.1 Å². The Morgan fingerprint density at radius 1 is 1.38 bits per heavy atom. The number of carbonyl (C=O) groups is 1. The summed E-state index contributed by atoms with van der Waals surface area (Å²) in [6.45, 7) is 4.21. The van der Waals surface area contributed by atoms with E-state index in [4.69, 9.17) is 9.47 Å². The van der Waals surface area contributed by atoms with Crippen molar-refractivity contribution in [1.29, 1.82) is 0 Å². The molecule has 0 saturated carbocycles. The molecule has 1 unspecified atom stereocenters. The third-order valence-corrected chi connectivity index (χ3v) is 4.70. The zero-order chi connectivity index (χ0) is 17.2. The van der Waals surface area contributed by atoms with Gasteiger partial charge in [0.05, 0.1) is 13.2 Å². The molecule has 0 spiro atoms. The number of anilines is 1. The number of urea groups is 1. The molecule has 2 fully saturated rings. The molecule has 2 heterocycles. The van der Waals surface area contributed by atoms with Gasteiger partial charge >= 0.3 is 6.03 Å². The van der Waals surface area contributed by atoms with Crippen LogP contribution in [0.4, 0.5) is 19.3 Å². The highest BCUT2D eigenvalue weighted by Crippen LogP contribution is 2.34. The van der Waals surface area contributed by atoms with Crippen molar-refractivity contribution in [2.24, 2.45) is 5.92 Å². The number of nitrogens with one attached hydrogen (secondary N) is 1. The van der Waals surface area contributed by atoms with Gasteiger partial charge in [0.15, 0.2) is 5.79 Å². The lowest BCUT2D eigenvalue weighted by Gasteiger charge is -2.39. The Bertz CT molecular complexity index is 591. The lowest BCUT2D eigenvalue weighted by Crippen LogP contribution is -2.49. The summed E-state index contributed by atoms with van der Waals surface area (Å²) in [6.07, 6.45) is -0.767. The van der Waals surface area contributed by atoms with Gasteiger partial charge in [0.2, 0.25) is 0 Å². The van der Waals surface area contributed by atoms with E-state index in [-0.39, 0.29) is 17.5 Å². The van der Waals surface area contributed by atoms with Gasteiger partial charge in [-0.3, -0.25) is 0 Å². The average molecular weight is 340 g/mol. The number of amides is 2. The first-order valence-corrected chi connectivity index (χ1v) is 8.20. The van der Waals surface area contributed by atoms with Crippen LogP contribution in [0.25, 0.3) is 0 Å². The van der Waals surface area contributed by atoms with Crippen LogP contribution in [0.5, 0.6) is 0 Å². The monoisotopic (exact) mass is 340 g/mol. The second kappa shape index (κ2) is 7.03. The largest absolute Gasteiger partial charge is 0.347 e. The molecule has 24 heavy (non-hydrogen) atoms. The lowest BCUT2D eigenvalue weighted by molar-refractivity contribution is -0.189. The van der Waals surface area contributed by atoms with Gasteiger partial charge < -0.3 is 19.7 Å². The molecule has 132 valence electrons. The van der Waals surface area contributed by atoms with E-state index in [1.54, 1.807) is 11.0 Å². The van der Waals surface area contributed by atoms with Crippen molar-refractivity contribution >= 4 is 11.7 Å². The Hall–Kier alpha value is -1.73. The smallest absolute Gasteiger partial charge is 0.321 e. The average Bonchev–Trinajstić information content (AvgIpc) is 3.03. The van der Waals surface area contributed by atoms with Crippen LogP contribution in [0.1, 0.15) is 31.8 Å². The van der Waals surface area contributed by atoms with Gasteiger partial charge in [-0.15, -0.1) is 0 Å². The number of alkyl halides is 2. The summed E-state index contributed by atoms with van der Waals surface area (Å²) in [4.78, 5) is 14.2. The molecule has 2 aliphatic heterocycles. The van der Waals surface area contributed by atoms with Crippen LogP contribution in [0.2, 0.25) is 0 Å². The number of hydrogen-bond donors (Lipinski definition) is 1. The first-order valence-electron chi connectivity index (χ1n) is 8.20. The molecule has 1 aromatic rings. The molecule has 0 radical (unpaired) electrons. The van der Waals surface area contributed by atoms with E-state index in [0.29, 0.717) is 32.0 Å². The SMILES string of the molecule is CC1(C2CCCN(C(=O)Nc3cccc(C(F)F)c3)C2)OCCO1. The number of carbonyl (C=O) groups excluding carboxylic acids is 1. The number of likely N-dealkylation sites (tertiary alicyclic amines) is 1. The number of nitrogens with zero attached hydrogens (tertiary/aromatic N) is 1. The maximum absolute atomic E-state index is 12.8. The molecule has 2 saturated heterocycles. The zero-order valence-electron chi connectivity index (χ0n) is 13.6. The minimum Gasteiger partial charge on any atom is -0.347 e. The van der Waals surface area contributed by atoms with Crippen molar-refractivity contribution in [2.75, 3.05) is 31.6 Å². The van der Waals surface area contributed by atoms with E-state index in [2.05, 4.69) is 5.32 Å². The summed E-state index contributed by atoms with van der Waals surface area (Å²) in [6, 6.07) is 5.47. The topological polar surface area (TPSA) is 50.8 Å². The quantitative estimate of drug-likeness (QED) is 0.914. The van der Waals surface area contributed by atoms with Crippen molar-refractivity contribution in [3.05, 3.63) is 29.8 Å². The van der Waals surface area contributed by atoms with Crippen molar-refractivity contribution in [3.8, 4) is 0 Å². The predicted octanol–water partition coefficient (Wildman–Crippen LogP) is 3.63.